The zero-order valence-corrected chi connectivity index (χ0v) is 18.4. The fourth-order valence-corrected chi connectivity index (χ4v) is 3.53. The van der Waals surface area contributed by atoms with Gasteiger partial charge in [0, 0.05) is 19.5 Å². The fourth-order valence-electron chi connectivity index (χ4n) is 3.53. The highest BCUT2D eigenvalue weighted by Gasteiger charge is 2.26. The number of esters is 1. The Morgan fingerprint density at radius 2 is 1.53 bits per heavy atom. The molecule has 1 saturated heterocycles. The average Bonchev–Trinajstić information content (AvgIpc) is 2.82. The topological polar surface area (TPSA) is 84.9 Å². The van der Waals surface area contributed by atoms with E-state index in [-0.39, 0.29) is 25.5 Å². The van der Waals surface area contributed by atoms with E-state index < -0.39 is 18.1 Å². The Balaban J connectivity index is 1.55. The first-order chi connectivity index (χ1) is 15.5. The van der Waals surface area contributed by atoms with Gasteiger partial charge in [-0.3, -0.25) is 4.79 Å². The Labute approximate surface area is 188 Å². The number of benzene rings is 2. The first-order valence-corrected chi connectivity index (χ1v) is 11.0. The molecule has 3 rings (SSSR count). The van der Waals surface area contributed by atoms with E-state index in [1.807, 2.05) is 60.7 Å². The van der Waals surface area contributed by atoms with Crippen LogP contribution in [0.1, 0.15) is 30.9 Å². The summed E-state index contributed by atoms with van der Waals surface area (Å²) in [5, 5.41) is 2.58. The number of piperidine rings is 1. The fraction of sp³-hybridized carbons (Fsp3) is 0.400. The summed E-state index contributed by atoms with van der Waals surface area (Å²) in [6, 6.07) is 17.6. The van der Waals surface area contributed by atoms with E-state index in [2.05, 4.69) is 12.2 Å². The number of ether oxygens (including phenoxy) is 2. The molecule has 2 amide bonds. The van der Waals surface area contributed by atoms with Gasteiger partial charge in [0.05, 0.1) is 0 Å². The third-order valence-corrected chi connectivity index (χ3v) is 5.55. The van der Waals surface area contributed by atoms with Crippen molar-refractivity contribution < 1.29 is 23.9 Å². The minimum atomic E-state index is -0.963. The summed E-state index contributed by atoms with van der Waals surface area (Å²) >= 11 is 0. The van der Waals surface area contributed by atoms with E-state index in [9.17, 15) is 14.4 Å². The molecule has 7 heteroatoms. The molecule has 1 N–H and O–H groups in total. The Morgan fingerprint density at radius 1 is 0.938 bits per heavy atom. The second kappa shape index (κ2) is 11.9. The molecule has 0 aromatic heterocycles. The molecule has 2 aromatic carbocycles. The molecule has 0 spiro atoms. The van der Waals surface area contributed by atoms with Crippen molar-refractivity contribution in [2.24, 2.45) is 5.92 Å². The van der Waals surface area contributed by atoms with Crippen molar-refractivity contribution in [2.45, 2.75) is 38.8 Å². The van der Waals surface area contributed by atoms with Crippen molar-refractivity contribution in [3.63, 3.8) is 0 Å². The van der Waals surface area contributed by atoms with E-state index in [1.54, 1.807) is 4.90 Å². The maximum Gasteiger partial charge on any atom is 0.408 e. The lowest BCUT2D eigenvalue weighted by atomic mass is 9.99. The Kier molecular flexibility index (Phi) is 8.66. The molecule has 0 aliphatic carbocycles. The second-order valence-corrected chi connectivity index (χ2v) is 8.12. The summed E-state index contributed by atoms with van der Waals surface area (Å²) < 4.78 is 10.5. The van der Waals surface area contributed by atoms with Crippen LogP contribution >= 0.6 is 0 Å². The van der Waals surface area contributed by atoms with Crippen molar-refractivity contribution in [1.82, 2.24) is 10.2 Å². The van der Waals surface area contributed by atoms with Gasteiger partial charge in [0.25, 0.3) is 5.91 Å². The highest BCUT2D eigenvalue weighted by molar-refractivity contribution is 5.85. The molecule has 170 valence electrons. The minimum Gasteiger partial charge on any atom is -0.454 e. The molecule has 1 aliphatic rings. The van der Waals surface area contributed by atoms with Crippen molar-refractivity contribution in [3.05, 3.63) is 71.8 Å². The number of carbonyl (C=O) groups is 3. The third-order valence-electron chi connectivity index (χ3n) is 5.55. The number of nitrogens with one attached hydrogen (secondary N) is 1. The van der Waals surface area contributed by atoms with Gasteiger partial charge in [-0.05, 0) is 29.9 Å². The van der Waals surface area contributed by atoms with Crippen LogP contribution in [-0.4, -0.2) is 48.6 Å². The molecule has 1 aliphatic heterocycles. The van der Waals surface area contributed by atoms with Crippen LogP contribution in [0.3, 0.4) is 0 Å². The van der Waals surface area contributed by atoms with Crippen LogP contribution in [0.5, 0.6) is 0 Å². The normalized spacial score (nSPS) is 15.0. The largest absolute Gasteiger partial charge is 0.454 e. The van der Waals surface area contributed by atoms with Crippen molar-refractivity contribution in [1.29, 1.82) is 0 Å². The summed E-state index contributed by atoms with van der Waals surface area (Å²) in [4.78, 5) is 39.2. The number of amides is 2. The van der Waals surface area contributed by atoms with Gasteiger partial charge in [-0.2, -0.15) is 0 Å². The molecular weight excluding hydrogens is 408 g/mol. The van der Waals surface area contributed by atoms with E-state index >= 15 is 0 Å². The molecule has 32 heavy (non-hydrogen) atoms. The van der Waals surface area contributed by atoms with Crippen LogP contribution in [0.15, 0.2) is 60.7 Å². The number of likely N-dealkylation sites (tertiary alicyclic amines) is 1. The first kappa shape index (κ1) is 23.3. The lowest BCUT2D eigenvalue weighted by Crippen LogP contribution is -2.45. The zero-order chi connectivity index (χ0) is 22.8. The number of nitrogens with zero attached hydrogens (tertiary/aromatic N) is 1. The summed E-state index contributed by atoms with van der Waals surface area (Å²) in [6.07, 6.45) is 1.41. The Bertz CT molecular complexity index is 880. The molecule has 0 saturated carbocycles. The van der Waals surface area contributed by atoms with Gasteiger partial charge in [-0.1, -0.05) is 67.6 Å². The summed E-state index contributed by atoms with van der Waals surface area (Å²) in [5.41, 5.74) is 1.69. The first-order valence-electron chi connectivity index (χ1n) is 11.0. The second-order valence-electron chi connectivity index (χ2n) is 8.12. The van der Waals surface area contributed by atoms with E-state index in [1.165, 1.54) is 0 Å². The molecule has 1 atom stereocenters. The van der Waals surface area contributed by atoms with Crippen LogP contribution in [0.2, 0.25) is 0 Å². The Hall–Kier alpha value is -3.35. The monoisotopic (exact) mass is 438 g/mol. The molecule has 0 unspecified atom stereocenters. The smallest absolute Gasteiger partial charge is 0.408 e. The molecular formula is C25H30N2O5. The summed E-state index contributed by atoms with van der Waals surface area (Å²) in [5.74, 6) is -0.275. The predicted octanol–water partition coefficient (Wildman–Crippen LogP) is 3.33. The van der Waals surface area contributed by atoms with Gasteiger partial charge in [-0.25, -0.2) is 9.59 Å². The standard InChI is InChI=1S/C25H30N2O5/c1-19-12-14-27(15-13-19)23(28)18-31-24(29)22(16-20-8-4-2-5-9-20)26-25(30)32-17-21-10-6-3-7-11-21/h2-11,19,22H,12-18H2,1H3,(H,26,30)/t22-/m0/s1. The van der Waals surface area contributed by atoms with E-state index in [0.29, 0.717) is 19.0 Å². The van der Waals surface area contributed by atoms with Crippen molar-refractivity contribution in [3.8, 4) is 0 Å². The average molecular weight is 439 g/mol. The lowest BCUT2D eigenvalue weighted by molar-refractivity contribution is -0.154. The van der Waals surface area contributed by atoms with Gasteiger partial charge in [0.1, 0.15) is 12.6 Å². The minimum absolute atomic E-state index is 0.0889. The molecule has 2 aromatic rings. The molecule has 0 bridgehead atoms. The van der Waals surface area contributed by atoms with Gasteiger partial charge in [-0.15, -0.1) is 0 Å². The zero-order valence-electron chi connectivity index (χ0n) is 18.4. The van der Waals surface area contributed by atoms with Gasteiger partial charge < -0.3 is 19.7 Å². The number of alkyl carbamates (subject to hydrolysis) is 1. The summed E-state index contributed by atoms with van der Waals surface area (Å²) in [6.45, 7) is 3.27. The van der Waals surface area contributed by atoms with Crippen LogP contribution in [0.4, 0.5) is 4.79 Å². The van der Waals surface area contributed by atoms with Crippen LogP contribution in [-0.2, 0) is 32.1 Å². The quantitative estimate of drug-likeness (QED) is 0.639. The maximum atomic E-state index is 12.7. The lowest BCUT2D eigenvalue weighted by Gasteiger charge is -2.30. The third kappa shape index (κ3) is 7.41. The van der Waals surface area contributed by atoms with Crippen LogP contribution < -0.4 is 5.32 Å². The SMILES string of the molecule is CC1CCN(C(=O)COC(=O)[C@H](Cc2ccccc2)NC(=O)OCc2ccccc2)CC1. The Morgan fingerprint density at radius 3 is 2.16 bits per heavy atom. The molecule has 1 heterocycles. The maximum absolute atomic E-state index is 12.7. The van der Waals surface area contributed by atoms with Crippen LogP contribution in [0, 0.1) is 5.92 Å². The molecule has 7 nitrogen and oxygen atoms in total. The van der Waals surface area contributed by atoms with Crippen molar-refractivity contribution >= 4 is 18.0 Å². The van der Waals surface area contributed by atoms with Gasteiger partial charge in [0.15, 0.2) is 6.61 Å². The number of hydrogen-bond donors (Lipinski definition) is 1. The highest BCUT2D eigenvalue weighted by Crippen LogP contribution is 2.16. The van der Waals surface area contributed by atoms with E-state index in [4.69, 9.17) is 9.47 Å². The molecule has 1 fully saturated rings. The number of rotatable bonds is 8. The predicted molar refractivity (Wildman–Crippen MR) is 120 cm³/mol. The van der Waals surface area contributed by atoms with Gasteiger partial charge in [0.2, 0.25) is 0 Å². The van der Waals surface area contributed by atoms with E-state index in [0.717, 1.165) is 24.0 Å². The number of carbonyl (C=O) groups excluding carboxylic acids is 3. The number of hydrogen-bond acceptors (Lipinski definition) is 5. The summed E-state index contributed by atoms with van der Waals surface area (Å²) in [7, 11) is 0. The van der Waals surface area contributed by atoms with Crippen molar-refractivity contribution in [2.75, 3.05) is 19.7 Å². The highest BCUT2D eigenvalue weighted by atomic mass is 16.6. The van der Waals surface area contributed by atoms with Gasteiger partial charge >= 0.3 is 12.1 Å². The van der Waals surface area contributed by atoms with Crippen LogP contribution in [0.25, 0.3) is 0 Å². The molecule has 0 radical (unpaired) electrons.